The molecule has 1 amide bonds. The number of aryl methyl sites for hydroxylation is 1. The second-order valence-electron chi connectivity index (χ2n) is 7.44. The second kappa shape index (κ2) is 10.0. The minimum absolute atomic E-state index is 0.176. The SMILES string of the molecule is CCc1ccc(N2C(=O)/C(=C/c3ccc(-c4cccc(Cl)c4Cl)o3)N(CC(=O)OC)C2=S)cc1. The summed E-state index contributed by atoms with van der Waals surface area (Å²) in [4.78, 5) is 28.3. The van der Waals surface area contributed by atoms with Crippen LogP contribution >= 0.6 is 35.4 Å². The molecule has 34 heavy (non-hydrogen) atoms. The molecule has 2 heterocycles. The number of rotatable bonds is 6. The molecular formula is C25H20Cl2N2O4S. The summed E-state index contributed by atoms with van der Waals surface area (Å²) in [5.41, 5.74) is 2.55. The molecule has 4 rings (SSSR count). The van der Waals surface area contributed by atoms with Gasteiger partial charge in [-0.2, -0.15) is 0 Å². The Hall–Kier alpha value is -3.13. The van der Waals surface area contributed by atoms with Crippen LogP contribution in [0, 0.1) is 0 Å². The van der Waals surface area contributed by atoms with E-state index in [9.17, 15) is 9.59 Å². The molecule has 1 fully saturated rings. The Morgan fingerprint density at radius 3 is 2.53 bits per heavy atom. The summed E-state index contributed by atoms with van der Waals surface area (Å²) in [5.74, 6) is -0.0406. The van der Waals surface area contributed by atoms with E-state index in [4.69, 9.17) is 44.6 Å². The van der Waals surface area contributed by atoms with Gasteiger partial charge in [-0.25, -0.2) is 0 Å². The zero-order valence-electron chi connectivity index (χ0n) is 18.4. The first kappa shape index (κ1) is 24.0. The van der Waals surface area contributed by atoms with Crippen LogP contribution < -0.4 is 4.90 Å². The molecule has 174 valence electrons. The van der Waals surface area contributed by atoms with Gasteiger partial charge in [0.25, 0.3) is 5.91 Å². The summed E-state index contributed by atoms with van der Waals surface area (Å²) in [6.45, 7) is 1.83. The van der Waals surface area contributed by atoms with Crippen molar-refractivity contribution in [1.29, 1.82) is 0 Å². The quantitative estimate of drug-likeness (QED) is 0.229. The van der Waals surface area contributed by atoms with E-state index in [2.05, 4.69) is 0 Å². The number of hydrogen-bond acceptors (Lipinski definition) is 5. The van der Waals surface area contributed by atoms with E-state index in [1.165, 1.54) is 16.9 Å². The van der Waals surface area contributed by atoms with Crippen LogP contribution in [0.25, 0.3) is 17.4 Å². The minimum atomic E-state index is -0.532. The molecule has 1 saturated heterocycles. The van der Waals surface area contributed by atoms with Gasteiger partial charge in [-0.3, -0.25) is 14.5 Å². The molecule has 3 aromatic rings. The van der Waals surface area contributed by atoms with Crippen LogP contribution in [-0.2, 0) is 20.7 Å². The Morgan fingerprint density at radius 2 is 1.85 bits per heavy atom. The van der Waals surface area contributed by atoms with E-state index < -0.39 is 5.97 Å². The number of halogens is 2. The fraction of sp³-hybridized carbons (Fsp3) is 0.160. The van der Waals surface area contributed by atoms with Crippen molar-refractivity contribution in [3.05, 3.63) is 81.7 Å². The molecule has 9 heteroatoms. The second-order valence-corrected chi connectivity index (χ2v) is 8.59. The number of nitrogens with zero attached hydrogens (tertiary/aromatic N) is 2. The molecule has 2 aromatic carbocycles. The van der Waals surface area contributed by atoms with Crippen LogP contribution in [0.2, 0.25) is 10.0 Å². The maximum Gasteiger partial charge on any atom is 0.325 e. The highest BCUT2D eigenvalue weighted by Gasteiger charge is 2.40. The molecule has 0 saturated carbocycles. The third-order valence-electron chi connectivity index (χ3n) is 5.38. The molecule has 0 atom stereocenters. The number of furan rings is 1. The van der Waals surface area contributed by atoms with Crippen LogP contribution in [0.5, 0.6) is 0 Å². The molecule has 6 nitrogen and oxygen atoms in total. The zero-order chi connectivity index (χ0) is 24.4. The van der Waals surface area contributed by atoms with E-state index in [-0.39, 0.29) is 23.3 Å². The number of anilines is 1. The predicted molar refractivity (Wildman–Crippen MR) is 137 cm³/mol. The van der Waals surface area contributed by atoms with Crippen molar-refractivity contribution in [3.8, 4) is 11.3 Å². The first-order chi connectivity index (χ1) is 16.3. The van der Waals surface area contributed by atoms with Gasteiger partial charge in [0.15, 0.2) is 5.11 Å². The van der Waals surface area contributed by atoms with Crippen molar-refractivity contribution >= 4 is 64.2 Å². The smallest absolute Gasteiger partial charge is 0.325 e. The summed E-state index contributed by atoms with van der Waals surface area (Å²) in [6.07, 6.45) is 2.41. The zero-order valence-corrected chi connectivity index (χ0v) is 20.7. The number of carbonyl (C=O) groups is 2. The molecule has 0 radical (unpaired) electrons. The van der Waals surface area contributed by atoms with E-state index in [0.29, 0.717) is 32.8 Å². The molecule has 1 aliphatic rings. The van der Waals surface area contributed by atoms with Crippen molar-refractivity contribution in [1.82, 2.24) is 4.90 Å². The van der Waals surface area contributed by atoms with Crippen molar-refractivity contribution < 1.29 is 18.7 Å². The molecule has 1 aliphatic heterocycles. The van der Waals surface area contributed by atoms with Gasteiger partial charge in [-0.05, 0) is 60.6 Å². The van der Waals surface area contributed by atoms with Gasteiger partial charge in [0.1, 0.15) is 23.8 Å². The van der Waals surface area contributed by atoms with Gasteiger partial charge in [-0.15, -0.1) is 0 Å². The molecule has 0 bridgehead atoms. The number of thiocarbonyl (C=S) groups is 1. The van der Waals surface area contributed by atoms with Gasteiger partial charge in [-0.1, -0.05) is 48.3 Å². The molecule has 0 aliphatic carbocycles. The normalized spacial score (nSPS) is 14.9. The lowest BCUT2D eigenvalue weighted by Gasteiger charge is -2.19. The Kier molecular flexibility index (Phi) is 7.07. The van der Waals surface area contributed by atoms with Crippen molar-refractivity contribution in [2.75, 3.05) is 18.6 Å². The average Bonchev–Trinajstić information content (AvgIpc) is 3.39. The number of esters is 1. The topological polar surface area (TPSA) is 63.0 Å². The number of ether oxygens (including phenoxy) is 1. The monoisotopic (exact) mass is 514 g/mol. The number of amides is 1. The highest BCUT2D eigenvalue weighted by atomic mass is 35.5. The highest BCUT2D eigenvalue weighted by molar-refractivity contribution is 7.80. The fourth-order valence-electron chi connectivity index (χ4n) is 3.54. The fourth-order valence-corrected chi connectivity index (χ4v) is 4.28. The van der Waals surface area contributed by atoms with Crippen LogP contribution in [-0.4, -0.2) is 35.5 Å². The molecule has 0 unspecified atom stereocenters. The Balaban J connectivity index is 1.72. The largest absolute Gasteiger partial charge is 0.468 e. The summed E-state index contributed by atoms with van der Waals surface area (Å²) in [7, 11) is 1.28. The summed E-state index contributed by atoms with van der Waals surface area (Å²) in [6, 6.07) is 16.2. The maximum atomic E-state index is 13.4. The number of benzene rings is 2. The molecule has 1 aromatic heterocycles. The van der Waals surface area contributed by atoms with Gasteiger partial charge in [0.05, 0.1) is 22.8 Å². The lowest BCUT2D eigenvalue weighted by atomic mass is 10.1. The number of methoxy groups -OCH3 is 1. The van der Waals surface area contributed by atoms with Crippen molar-refractivity contribution in [2.24, 2.45) is 0 Å². The Bertz CT molecular complexity index is 1300. The minimum Gasteiger partial charge on any atom is -0.468 e. The van der Waals surface area contributed by atoms with Crippen LogP contribution in [0.15, 0.2) is 64.7 Å². The van der Waals surface area contributed by atoms with Gasteiger partial charge in [0, 0.05) is 11.6 Å². The van der Waals surface area contributed by atoms with Crippen molar-refractivity contribution in [2.45, 2.75) is 13.3 Å². The van der Waals surface area contributed by atoms with E-state index in [0.717, 1.165) is 12.0 Å². The molecule has 0 spiro atoms. The van der Waals surface area contributed by atoms with Crippen LogP contribution in [0.1, 0.15) is 18.2 Å². The lowest BCUT2D eigenvalue weighted by Crippen LogP contribution is -2.35. The van der Waals surface area contributed by atoms with Crippen molar-refractivity contribution in [3.63, 3.8) is 0 Å². The summed E-state index contributed by atoms with van der Waals surface area (Å²) >= 11 is 18.0. The average molecular weight is 515 g/mol. The van der Waals surface area contributed by atoms with E-state index >= 15 is 0 Å². The number of hydrogen-bond donors (Lipinski definition) is 0. The number of carbonyl (C=O) groups excluding carboxylic acids is 2. The summed E-state index contributed by atoms with van der Waals surface area (Å²) < 4.78 is 10.7. The van der Waals surface area contributed by atoms with Crippen LogP contribution in [0.3, 0.4) is 0 Å². The summed E-state index contributed by atoms with van der Waals surface area (Å²) in [5, 5.41) is 0.946. The standard InChI is InChI=1S/C25H20Cl2N2O4S/c1-3-15-7-9-16(10-8-15)29-24(31)20(28(25(29)34)14-22(30)32-2)13-17-11-12-21(33-17)18-5-4-6-19(26)23(18)27/h4-13H,3,14H2,1-2H3/b20-13-. The lowest BCUT2D eigenvalue weighted by molar-refractivity contribution is -0.140. The molecule has 0 N–H and O–H groups in total. The van der Waals surface area contributed by atoms with Gasteiger partial charge < -0.3 is 14.1 Å². The van der Waals surface area contributed by atoms with E-state index in [1.807, 2.05) is 31.2 Å². The highest BCUT2D eigenvalue weighted by Crippen LogP contribution is 2.35. The predicted octanol–water partition coefficient (Wildman–Crippen LogP) is 5.96. The van der Waals surface area contributed by atoms with Gasteiger partial charge >= 0.3 is 5.97 Å². The first-order valence-electron chi connectivity index (χ1n) is 10.4. The maximum absolute atomic E-state index is 13.4. The first-order valence-corrected chi connectivity index (χ1v) is 11.6. The van der Waals surface area contributed by atoms with Crippen LogP contribution in [0.4, 0.5) is 5.69 Å². The molecular weight excluding hydrogens is 495 g/mol. The Morgan fingerprint density at radius 1 is 1.12 bits per heavy atom. The van der Waals surface area contributed by atoms with E-state index in [1.54, 1.807) is 36.4 Å². The van der Waals surface area contributed by atoms with Gasteiger partial charge in [0.2, 0.25) is 0 Å². The third kappa shape index (κ3) is 4.59. The Labute approximate surface area is 212 Å². The third-order valence-corrected chi connectivity index (χ3v) is 6.60.